The van der Waals surface area contributed by atoms with Gasteiger partial charge in [0.15, 0.2) is 0 Å². The number of nitrogens with zero attached hydrogens (tertiary/aromatic N) is 3. The molecule has 1 amide bonds. The van der Waals surface area contributed by atoms with Gasteiger partial charge in [0, 0.05) is 24.9 Å². The van der Waals surface area contributed by atoms with E-state index >= 15 is 0 Å². The molecule has 1 saturated heterocycles. The van der Waals surface area contributed by atoms with Gasteiger partial charge in [-0.15, -0.1) is 0 Å². The number of aryl methyl sites for hydroxylation is 1. The zero-order valence-electron chi connectivity index (χ0n) is 14.7. The lowest BCUT2D eigenvalue weighted by molar-refractivity contribution is -0.122. The fraction of sp³-hybridized carbons (Fsp3) is 0.286. The van der Waals surface area contributed by atoms with Gasteiger partial charge >= 0.3 is 0 Å². The first-order valence-corrected chi connectivity index (χ1v) is 9.30. The molecule has 1 aromatic heterocycles. The summed E-state index contributed by atoms with van der Waals surface area (Å²) in [4.78, 5) is 15.3. The minimum atomic E-state index is -0.135. The summed E-state index contributed by atoms with van der Waals surface area (Å²) in [7, 11) is 0. The Bertz CT molecular complexity index is 932. The van der Waals surface area contributed by atoms with Crippen LogP contribution in [0.25, 0.3) is 11.3 Å². The summed E-state index contributed by atoms with van der Waals surface area (Å²) in [5.74, 6) is 7.17. The summed E-state index contributed by atoms with van der Waals surface area (Å²) >= 11 is 0. The van der Waals surface area contributed by atoms with Crippen molar-refractivity contribution in [2.24, 2.45) is 5.84 Å². The Morgan fingerprint density at radius 2 is 1.81 bits per heavy atom. The first kappa shape index (κ1) is 15.5. The molecule has 0 saturated carbocycles. The summed E-state index contributed by atoms with van der Waals surface area (Å²) < 4.78 is 2.26. The summed E-state index contributed by atoms with van der Waals surface area (Å²) in [6.45, 7) is 2.12. The molecule has 5 rings (SSSR count). The van der Waals surface area contributed by atoms with Crippen molar-refractivity contribution in [3.63, 3.8) is 0 Å². The van der Waals surface area contributed by atoms with E-state index in [1.807, 2.05) is 24.3 Å². The highest BCUT2D eigenvalue weighted by Gasteiger charge is 2.33. The van der Waals surface area contributed by atoms with Gasteiger partial charge in [0.2, 0.25) is 0 Å². The van der Waals surface area contributed by atoms with Gasteiger partial charge in [0.25, 0.3) is 5.91 Å². The highest BCUT2D eigenvalue weighted by Crippen LogP contribution is 2.40. The average Bonchev–Trinajstić information content (AvgIpc) is 3.31. The minimum Gasteiger partial charge on any atom is -0.358 e. The second-order valence-corrected chi connectivity index (χ2v) is 7.16. The normalized spacial score (nSPS) is 19.2. The van der Waals surface area contributed by atoms with Crippen LogP contribution in [0.1, 0.15) is 36.1 Å². The lowest BCUT2D eigenvalue weighted by atomic mass is 9.96. The summed E-state index contributed by atoms with van der Waals surface area (Å²) in [6.07, 6.45) is 8.08. The number of amides is 1. The average molecular weight is 346 g/mol. The Morgan fingerprint density at radius 1 is 1.04 bits per heavy atom. The van der Waals surface area contributed by atoms with E-state index in [0.717, 1.165) is 48.5 Å². The molecule has 2 N–H and O–H groups in total. The van der Waals surface area contributed by atoms with Crippen molar-refractivity contribution in [3.8, 4) is 0 Å². The Hall–Kier alpha value is -2.79. The van der Waals surface area contributed by atoms with Crippen LogP contribution in [0.4, 0.5) is 5.82 Å². The predicted molar refractivity (Wildman–Crippen MR) is 103 cm³/mol. The van der Waals surface area contributed by atoms with Gasteiger partial charge in [-0.25, -0.2) is 10.9 Å². The lowest BCUT2D eigenvalue weighted by Crippen LogP contribution is -2.32. The molecule has 0 unspecified atom stereocenters. The molecule has 2 aromatic rings. The number of nitrogens with two attached hydrogens (primary N) is 1. The van der Waals surface area contributed by atoms with Crippen LogP contribution in [0.5, 0.6) is 0 Å². The van der Waals surface area contributed by atoms with Crippen molar-refractivity contribution < 1.29 is 4.79 Å². The molecule has 1 aromatic carbocycles. The number of hydrogen-bond acceptors (Lipinski definition) is 3. The number of carbonyl (C=O) groups is 1. The van der Waals surface area contributed by atoms with E-state index in [0.29, 0.717) is 0 Å². The second-order valence-electron chi connectivity index (χ2n) is 7.16. The Morgan fingerprint density at radius 3 is 2.58 bits per heavy atom. The fourth-order valence-electron chi connectivity index (χ4n) is 4.31. The number of aromatic nitrogens is 1. The van der Waals surface area contributed by atoms with Crippen LogP contribution in [0, 0.1) is 0 Å². The zero-order valence-corrected chi connectivity index (χ0v) is 14.7. The summed E-state index contributed by atoms with van der Waals surface area (Å²) in [6, 6.07) is 12.5. The molecule has 0 radical (unpaired) electrons. The molecular formula is C21H22N4O. The van der Waals surface area contributed by atoms with Gasteiger partial charge in [0.05, 0.1) is 17.0 Å². The third-order valence-corrected chi connectivity index (χ3v) is 5.54. The molecule has 0 atom stereocenters. The Kier molecular flexibility index (Phi) is 3.50. The predicted octanol–water partition coefficient (Wildman–Crippen LogP) is 2.98. The van der Waals surface area contributed by atoms with Crippen molar-refractivity contribution >= 4 is 23.0 Å². The van der Waals surface area contributed by atoms with Gasteiger partial charge in [-0.05, 0) is 37.3 Å². The number of hydrogen-bond donors (Lipinski definition) is 1. The van der Waals surface area contributed by atoms with Crippen LogP contribution in [0.15, 0.2) is 48.7 Å². The summed E-state index contributed by atoms with van der Waals surface area (Å²) in [5, 5.41) is 1.24. The second kappa shape index (κ2) is 5.88. The smallest absolute Gasteiger partial charge is 0.273 e. The highest BCUT2D eigenvalue weighted by atomic mass is 16.2. The monoisotopic (exact) mass is 346 g/mol. The maximum Gasteiger partial charge on any atom is 0.273 e. The van der Waals surface area contributed by atoms with E-state index in [1.165, 1.54) is 29.2 Å². The Labute approximate surface area is 153 Å². The van der Waals surface area contributed by atoms with E-state index in [4.69, 9.17) is 5.84 Å². The molecule has 5 nitrogen and oxygen atoms in total. The van der Waals surface area contributed by atoms with Crippen molar-refractivity contribution in [1.82, 2.24) is 9.58 Å². The van der Waals surface area contributed by atoms with Crippen LogP contribution in [-0.4, -0.2) is 28.6 Å². The van der Waals surface area contributed by atoms with Crippen molar-refractivity contribution in [1.29, 1.82) is 0 Å². The highest BCUT2D eigenvalue weighted by molar-refractivity contribution is 6.21. The first-order valence-electron chi connectivity index (χ1n) is 9.30. The Balaban J connectivity index is 1.80. The third kappa shape index (κ3) is 2.24. The summed E-state index contributed by atoms with van der Waals surface area (Å²) in [5.41, 5.74) is 5.00. The third-order valence-electron chi connectivity index (χ3n) is 5.54. The zero-order chi connectivity index (χ0) is 17.7. The SMILES string of the molecule is NN1C=C(c2ccccc2)n2c(N3CCCC3)cc3c2C(=CCC3)C1=O. The maximum absolute atomic E-state index is 12.9. The van der Waals surface area contributed by atoms with Gasteiger partial charge in [-0.2, -0.15) is 0 Å². The first-order chi connectivity index (χ1) is 12.7. The van der Waals surface area contributed by atoms with Gasteiger partial charge in [0.1, 0.15) is 5.82 Å². The molecule has 1 aliphatic carbocycles. The molecule has 0 bridgehead atoms. The molecular weight excluding hydrogens is 324 g/mol. The van der Waals surface area contributed by atoms with Gasteiger partial charge in [-0.1, -0.05) is 36.4 Å². The largest absolute Gasteiger partial charge is 0.358 e. The topological polar surface area (TPSA) is 54.5 Å². The number of hydrazine groups is 1. The molecule has 0 spiro atoms. The number of allylic oxidation sites excluding steroid dienone is 1. The number of carbonyl (C=O) groups excluding carboxylic acids is 1. The van der Waals surface area contributed by atoms with E-state index in [9.17, 15) is 4.79 Å². The lowest BCUT2D eigenvalue weighted by Gasteiger charge is -2.23. The number of rotatable bonds is 2. The minimum absolute atomic E-state index is 0.135. The molecule has 132 valence electrons. The van der Waals surface area contributed by atoms with Crippen LogP contribution in [0.2, 0.25) is 0 Å². The standard InChI is InChI=1S/C21H22N4O/c22-24-14-18(15-7-2-1-3-8-15)25-19(23-11-4-5-12-23)13-16-9-6-10-17(20(16)25)21(24)26/h1-3,7-8,10,13-14H,4-6,9,11-12,22H2. The molecule has 26 heavy (non-hydrogen) atoms. The van der Waals surface area contributed by atoms with Crippen molar-refractivity contribution in [2.45, 2.75) is 25.7 Å². The number of benzene rings is 1. The molecule has 3 heterocycles. The van der Waals surface area contributed by atoms with Crippen LogP contribution < -0.4 is 10.7 Å². The molecule has 3 aliphatic rings. The molecule has 1 fully saturated rings. The quantitative estimate of drug-likeness (QED) is 0.672. The van der Waals surface area contributed by atoms with E-state index in [2.05, 4.69) is 27.7 Å². The molecule has 2 aliphatic heterocycles. The van der Waals surface area contributed by atoms with E-state index in [-0.39, 0.29) is 5.91 Å². The van der Waals surface area contributed by atoms with Gasteiger partial charge in [-0.3, -0.25) is 9.36 Å². The van der Waals surface area contributed by atoms with Crippen LogP contribution in [0.3, 0.4) is 0 Å². The van der Waals surface area contributed by atoms with E-state index < -0.39 is 0 Å². The van der Waals surface area contributed by atoms with Gasteiger partial charge < -0.3 is 4.90 Å². The van der Waals surface area contributed by atoms with Crippen molar-refractivity contribution in [2.75, 3.05) is 18.0 Å². The maximum atomic E-state index is 12.9. The molecule has 5 heteroatoms. The fourth-order valence-corrected chi connectivity index (χ4v) is 4.31. The number of anilines is 1. The van der Waals surface area contributed by atoms with Crippen LogP contribution >= 0.6 is 0 Å². The van der Waals surface area contributed by atoms with E-state index in [1.54, 1.807) is 6.20 Å². The van der Waals surface area contributed by atoms with Crippen LogP contribution in [-0.2, 0) is 11.2 Å². The van der Waals surface area contributed by atoms with Crippen molar-refractivity contribution in [3.05, 3.63) is 65.5 Å².